The molecule has 3 aliphatic rings. The molecule has 1 fully saturated rings. The normalized spacial score (nSPS) is 40.1. The van der Waals surface area contributed by atoms with Crippen molar-refractivity contribution in [2.75, 3.05) is 0 Å². The molecule has 126 valence electrons. The highest BCUT2D eigenvalue weighted by Gasteiger charge is 2.51. The molecule has 0 spiro atoms. The molecule has 0 unspecified atom stereocenters. The summed E-state index contributed by atoms with van der Waals surface area (Å²) in [5.41, 5.74) is 4.67. The van der Waals surface area contributed by atoms with Crippen LogP contribution in [0.3, 0.4) is 0 Å². The number of carbonyl (C=O) groups excluding carboxylic acids is 1. The van der Waals surface area contributed by atoms with E-state index in [1.165, 1.54) is 11.1 Å². The molecule has 0 bridgehead atoms. The van der Waals surface area contributed by atoms with E-state index >= 15 is 0 Å². The second kappa shape index (κ2) is 6.27. The zero-order valence-corrected chi connectivity index (χ0v) is 14.8. The molecular formula is C20H28O3. The van der Waals surface area contributed by atoms with Gasteiger partial charge in [-0.3, -0.25) is 0 Å². The summed E-state index contributed by atoms with van der Waals surface area (Å²) in [5, 5.41) is 0. The van der Waals surface area contributed by atoms with Crippen molar-refractivity contribution in [3.8, 4) is 0 Å². The van der Waals surface area contributed by atoms with Gasteiger partial charge in [0.05, 0.1) is 11.7 Å². The van der Waals surface area contributed by atoms with Crippen molar-refractivity contribution in [2.24, 2.45) is 0 Å². The molecule has 3 nitrogen and oxygen atoms in total. The number of esters is 1. The zero-order chi connectivity index (χ0) is 16.6. The average Bonchev–Trinajstić information content (AvgIpc) is 3.06. The van der Waals surface area contributed by atoms with Crippen LogP contribution in [0.4, 0.5) is 0 Å². The number of hydrogen-bond donors (Lipinski definition) is 0. The van der Waals surface area contributed by atoms with E-state index in [0.717, 1.165) is 49.7 Å². The molecule has 1 aliphatic carbocycles. The quantitative estimate of drug-likeness (QED) is 0.371. The Morgan fingerprint density at radius 3 is 2.70 bits per heavy atom. The fourth-order valence-electron chi connectivity index (χ4n) is 3.69. The summed E-state index contributed by atoms with van der Waals surface area (Å²) in [6, 6.07) is 0. The van der Waals surface area contributed by atoms with Crippen LogP contribution in [0.25, 0.3) is 0 Å². The summed E-state index contributed by atoms with van der Waals surface area (Å²) in [7, 11) is 0. The van der Waals surface area contributed by atoms with Crippen LogP contribution in [0.5, 0.6) is 0 Å². The lowest BCUT2D eigenvalue weighted by molar-refractivity contribution is -0.138. The van der Waals surface area contributed by atoms with Gasteiger partial charge in [0.15, 0.2) is 0 Å². The number of fused-ring (bicyclic) bond motifs is 2. The van der Waals surface area contributed by atoms with Gasteiger partial charge in [-0.2, -0.15) is 0 Å². The van der Waals surface area contributed by atoms with E-state index in [9.17, 15) is 4.79 Å². The number of carbonyl (C=O) groups is 1. The van der Waals surface area contributed by atoms with E-state index < -0.39 is 0 Å². The largest absolute Gasteiger partial charge is 0.450 e. The fourth-order valence-corrected chi connectivity index (χ4v) is 3.69. The lowest BCUT2D eigenvalue weighted by Gasteiger charge is -2.14. The van der Waals surface area contributed by atoms with Gasteiger partial charge in [0.1, 0.15) is 6.10 Å². The molecule has 1 saturated heterocycles. The minimum absolute atomic E-state index is 0.0212. The van der Waals surface area contributed by atoms with Crippen LogP contribution < -0.4 is 0 Å². The molecule has 2 aliphatic heterocycles. The van der Waals surface area contributed by atoms with Gasteiger partial charge >= 0.3 is 5.97 Å². The summed E-state index contributed by atoms with van der Waals surface area (Å²) in [6.45, 7) is 8.44. The highest BCUT2D eigenvalue weighted by molar-refractivity contribution is 5.92. The summed E-state index contributed by atoms with van der Waals surface area (Å²) in [4.78, 5) is 12.0. The maximum Gasteiger partial charge on any atom is 0.334 e. The molecule has 3 atom stereocenters. The second-order valence-electron chi connectivity index (χ2n) is 7.54. The fraction of sp³-hybridized carbons (Fsp3) is 0.650. The molecule has 0 amide bonds. The van der Waals surface area contributed by atoms with E-state index in [1.807, 2.05) is 6.92 Å². The number of epoxide rings is 1. The van der Waals surface area contributed by atoms with E-state index in [4.69, 9.17) is 9.47 Å². The van der Waals surface area contributed by atoms with Crippen molar-refractivity contribution in [3.05, 3.63) is 34.4 Å². The Hall–Kier alpha value is -1.35. The van der Waals surface area contributed by atoms with Gasteiger partial charge in [-0.05, 0) is 77.9 Å². The third-order valence-electron chi connectivity index (χ3n) is 5.56. The standard InChI is InChI=1S/C20H28O3/c1-13-6-5-7-14(2)12-17-16(15(3)19(21)22-17)10-11-20(4)18(23-20)9-8-13/h6,12,17-18H,5,7-11H2,1-4H3/b13-6+,14-12+/t17-,18+,20+/m1/s1. The van der Waals surface area contributed by atoms with Crippen molar-refractivity contribution in [1.29, 1.82) is 0 Å². The van der Waals surface area contributed by atoms with Crippen LogP contribution in [-0.4, -0.2) is 23.8 Å². The Bertz CT molecular complexity index is 596. The molecule has 0 N–H and O–H groups in total. The average molecular weight is 316 g/mol. The first-order valence-electron chi connectivity index (χ1n) is 8.80. The van der Waals surface area contributed by atoms with Gasteiger partial charge in [0, 0.05) is 5.57 Å². The van der Waals surface area contributed by atoms with Crippen molar-refractivity contribution in [3.63, 3.8) is 0 Å². The van der Waals surface area contributed by atoms with Crippen LogP contribution in [0, 0.1) is 0 Å². The van der Waals surface area contributed by atoms with Gasteiger partial charge in [0.2, 0.25) is 0 Å². The SMILES string of the molecule is CC1=C2CC[C@]3(C)O[C@H]3CC/C(C)=C/CC/C(C)=C/[C@H]2OC1=O. The van der Waals surface area contributed by atoms with Gasteiger partial charge in [-0.15, -0.1) is 0 Å². The molecule has 0 aromatic rings. The lowest BCUT2D eigenvalue weighted by Crippen LogP contribution is -2.14. The van der Waals surface area contributed by atoms with Crippen molar-refractivity contribution >= 4 is 5.97 Å². The Labute approximate surface area is 139 Å². The first kappa shape index (κ1) is 16.5. The number of rotatable bonds is 0. The molecule has 3 heteroatoms. The van der Waals surface area contributed by atoms with E-state index in [1.54, 1.807) is 0 Å². The van der Waals surface area contributed by atoms with Gasteiger partial charge < -0.3 is 9.47 Å². The van der Waals surface area contributed by atoms with E-state index in [-0.39, 0.29) is 17.7 Å². The minimum atomic E-state index is -0.170. The molecule has 3 rings (SSSR count). The maximum atomic E-state index is 12.0. The number of ether oxygens (including phenoxy) is 2. The summed E-state index contributed by atoms with van der Waals surface area (Å²) in [5.74, 6) is -0.160. The third-order valence-corrected chi connectivity index (χ3v) is 5.56. The molecule has 0 aromatic heterocycles. The van der Waals surface area contributed by atoms with Crippen LogP contribution in [0.2, 0.25) is 0 Å². The highest BCUT2D eigenvalue weighted by Crippen LogP contribution is 2.45. The Balaban J connectivity index is 1.82. The van der Waals surface area contributed by atoms with Crippen LogP contribution >= 0.6 is 0 Å². The predicted octanol–water partition coefficient (Wildman–Crippen LogP) is 4.63. The lowest BCUT2D eigenvalue weighted by atomic mass is 9.91. The topological polar surface area (TPSA) is 38.8 Å². The first-order valence-corrected chi connectivity index (χ1v) is 8.80. The zero-order valence-electron chi connectivity index (χ0n) is 14.8. The van der Waals surface area contributed by atoms with Crippen molar-refractivity contribution in [1.82, 2.24) is 0 Å². The Morgan fingerprint density at radius 1 is 1.13 bits per heavy atom. The van der Waals surface area contributed by atoms with Crippen molar-refractivity contribution in [2.45, 2.75) is 84.0 Å². The third kappa shape index (κ3) is 3.60. The Kier molecular flexibility index (Phi) is 4.50. The summed E-state index contributed by atoms with van der Waals surface area (Å²) < 4.78 is 11.5. The molecule has 0 saturated carbocycles. The summed E-state index contributed by atoms with van der Waals surface area (Å²) >= 11 is 0. The highest BCUT2D eigenvalue weighted by atomic mass is 16.6. The first-order chi connectivity index (χ1) is 10.9. The van der Waals surface area contributed by atoms with Gasteiger partial charge in [0.25, 0.3) is 0 Å². The second-order valence-corrected chi connectivity index (χ2v) is 7.54. The molecule has 0 radical (unpaired) electrons. The maximum absolute atomic E-state index is 12.0. The van der Waals surface area contributed by atoms with Crippen LogP contribution in [0.15, 0.2) is 34.4 Å². The van der Waals surface area contributed by atoms with Crippen LogP contribution in [-0.2, 0) is 14.3 Å². The van der Waals surface area contributed by atoms with Crippen molar-refractivity contribution < 1.29 is 14.3 Å². The molecular weight excluding hydrogens is 288 g/mol. The van der Waals surface area contributed by atoms with Crippen LogP contribution in [0.1, 0.15) is 66.2 Å². The number of allylic oxidation sites excluding steroid dienone is 3. The van der Waals surface area contributed by atoms with Gasteiger partial charge in [-0.25, -0.2) is 4.79 Å². The van der Waals surface area contributed by atoms with Gasteiger partial charge in [-0.1, -0.05) is 17.2 Å². The summed E-state index contributed by atoms with van der Waals surface area (Å²) in [6.07, 6.45) is 10.8. The number of hydrogen-bond acceptors (Lipinski definition) is 3. The minimum Gasteiger partial charge on any atom is -0.450 e. The molecule has 2 heterocycles. The predicted molar refractivity (Wildman–Crippen MR) is 91.1 cm³/mol. The molecule has 23 heavy (non-hydrogen) atoms. The monoisotopic (exact) mass is 316 g/mol. The van der Waals surface area contributed by atoms with E-state index in [2.05, 4.69) is 32.9 Å². The smallest absolute Gasteiger partial charge is 0.334 e. The molecule has 0 aromatic carbocycles. The Morgan fingerprint density at radius 2 is 1.91 bits per heavy atom. The van der Waals surface area contributed by atoms with E-state index in [0.29, 0.717) is 6.10 Å².